The molecular formula is C15H15NOS. The number of thiocarbonyl (C=S) groups is 1. The minimum Gasteiger partial charge on any atom is -0.457 e. The summed E-state index contributed by atoms with van der Waals surface area (Å²) in [6.45, 7) is 4.04. The van der Waals surface area contributed by atoms with Crippen LogP contribution in [0, 0.1) is 13.8 Å². The van der Waals surface area contributed by atoms with Gasteiger partial charge in [-0.3, -0.25) is 0 Å². The summed E-state index contributed by atoms with van der Waals surface area (Å²) < 4.78 is 5.81. The molecule has 0 fully saturated rings. The van der Waals surface area contributed by atoms with Gasteiger partial charge in [-0.15, -0.1) is 0 Å². The normalized spacial score (nSPS) is 10.1. The highest BCUT2D eigenvalue weighted by atomic mass is 32.1. The monoisotopic (exact) mass is 257 g/mol. The number of hydrogen-bond donors (Lipinski definition) is 1. The molecule has 2 nitrogen and oxygen atoms in total. The Morgan fingerprint density at radius 2 is 1.61 bits per heavy atom. The molecule has 18 heavy (non-hydrogen) atoms. The first-order valence-corrected chi connectivity index (χ1v) is 6.12. The zero-order valence-corrected chi connectivity index (χ0v) is 11.3. The Hall–Kier alpha value is -1.87. The molecular weight excluding hydrogens is 242 g/mol. The maximum absolute atomic E-state index is 5.81. The van der Waals surface area contributed by atoms with Gasteiger partial charge in [0.25, 0.3) is 0 Å². The highest BCUT2D eigenvalue weighted by Crippen LogP contribution is 2.26. The fourth-order valence-corrected chi connectivity index (χ4v) is 1.82. The van der Waals surface area contributed by atoms with Crippen molar-refractivity contribution in [3.63, 3.8) is 0 Å². The molecule has 0 amide bonds. The van der Waals surface area contributed by atoms with Crippen molar-refractivity contribution in [2.75, 3.05) is 0 Å². The molecule has 0 spiro atoms. The third-order valence-electron chi connectivity index (χ3n) is 2.65. The van der Waals surface area contributed by atoms with Crippen molar-refractivity contribution in [3.05, 3.63) is 59.2 Å². The lowest BCUT2D eigenvalue weighted by Crippen LogP contribution is -2.11. The quantitative estimate of drug-likeness (QED) is 0.851. The van der Waals surface area contributed by atoms with Crippen LogP contribution in [0.5, 0.6) is 11.5 Å². The molecule has 0 saturated heterocycles. The maximum atomic E-state index is 5.81. The van der Waals surface area contributed by atoms with Crippen molar-refractivity contribution < 1.29 is 4.74 Å². The molecule has 0 heterocycles. The van der Waals surface area contributed by atoms with Crippen LogP contribution in [0.25, 0.3) is 0 Å². The second kappa shape index (κ2) is 5.19. The van der Waals surface area contributed by atoms with Crippen LogP contribution >= 0.6 is 12.2 Å². The summed E-state index contributed by atoms with van der Waals surface area (Å²) in [5, 5.41) is 0. The summed E-state index contributed by atoms with van der Waals surface area (Å²) in [7, 11) is 0. The van der Waals surface area contributed by atoms with Gasteiger partial charge < -0.3 is 10.5 Å². The number of rotatable bonds is 3. The van der Waals surface area contributed by atoms with Crippen LogP contribution in [0.15, 0.2) is 42.5 Å². The van der Waals surface area contributed by atoms with Gasteiger partial charge in [0.05, 0.1) is 5.56 Å². The Balaban J connectivity index is 2.34. The van der Waals surface area contributed by atoms with E-state index in [0.717, 1.165) is 16.9 Å². The van der Waals surface area contributed by atoms with Crippen LogP contribution in [-0.4, -0.2) is 4.99 Å². The molecule has 0 unspecified atom stereocenters. The Morgan fingerprint density at radius 3 is 2.22 bits per heavy atom. The summed E-state index contributed by atoms with van der Waals surface area (Å²) in [5.74, 6) is 1.47. The van der Waals surface area contributed by atoms with Gasteiger partial charge in [0.2, 0.25) is 0 Å². The lowest BCUT2D eigenvalue weighted by molar-refractivity contribution is 0.481. The van der Waals surface area contributed by atoms with Crippen LogP contribution in [0.1, 0.15) is 16.7 Å². The topological polar surface area (TPSA) is 35.2 Å². The highest BCUT2D eigenvalue weighted by molar-refractivity contribution is 7.80. The minimum atomic E-state index is 0.348. The van der Waals surface area contributed by atoms with Crippen molar-refractivity contribution >= 4 is 17.2 Å². The van der Waals surface area contributed by atoms with E-state index in [0.29, 0.717) is 10.7 Å². The van der Waals surface area contributed by atoms with E-state index in [-0.39, 0.29) is 0 Å². The molecule has 0 aliphatic heterocycles. The second-order valence-electron chi connectivity index (χ2n) is 4.28. The smallest absolute Gasteiger partial charge is 0.137 e. The molecule has 2 N–H and O–H groups in total. The molecule has 92 valence electrons. The Bertz CT molecular complexity index is 576. The molecule has 0 radical (unpaired) electrons. The van der Waals surface area contributed by atoms with Crippen LogP contribution < -0.4 is 10.5 Å². The number of aryl methyl sites for hydroxylation is 2. The predicted molar refractivity (Wildman–Crippen MR) is 78.3 cm³/mol. The SMILES string of the molecule is Cc1ccc(Oc2ccc(C)cc2C(N)=S)cc1. The summed E-state index contributed by atoms with van der Waals surface area (Å²) in [6, 6.07) is 13.7. The standard InChI is InChI=1S/C15H15NOS/c1-10-3-6-12(7-4-10)17-14-8-5-11(2)9-13(14)15(16)18/h3-9H,1-2H3,(H2,16,18). The molecule has 0 saturated carbocycles. The van der Waals surface area contributed by atoms with Gasteiger partial charge in [-0.25, -0.2) is 0 Å². The van der Waals surface area contributed by atoms with Crippen molar-refractivity contribution in [2.45, 2.75) is 13.8 Å². The summed E-state index contributed by atoms with van der Waals surface area (Å²) in [4.78, 5) is 0.348. The van der Waals surface area contributed by atoms with E-state index in [2.05, 4.69) is 0 Å². The largest absolute Gasteiger partial charge is 0.457 e. The lowest BCUT2D eigenvalue weighted by atomic mass is 10.1. The predicted octanol–water partition coefficient (Wildman–Crippen LogP) is 3.73. The van der Waals surface area contributed by atoms with Gasteiger partial charge in [-0.05, 0) is 38.1 Å². The van der Waals surface area contributed by atoms with Crippen molar-refractivity contribution in [3.8, 4) is 11.5 Å². The number of hydrogen-bond acceptors (Lipinski definition) is 2. The summed E-state index contributed by atoms with van der Waals surface area (Å²) >= 11 is 5.04. The molecule has 2 rings (SSSR count). The minimum absolute atomic E-state index is 0.348. The van der Waals surface area contributed by atoms with E-state index in [1.807, 2.05) is 56.3 Å². The highest BCUT2D eigenvalue weighted by Gasteiger charge is 2.07. The van der Waals surface area contributed by atoms with Crippen molar-refractivity contribution in [1.82, 2.24) is 0 Å². The molecule has 2 aromatic rings. The van der Waals surface area contributed by atoms with Crippen molar-refractivity contribution in [1.29, 1.82) is 0 Å². The fourth-order valence-electron chi connectivity index (χ4n) is 1.66. The summed E-state index contributed by atoms with van der Waals surface area (Å²) in [6.07, 6.45) is 0. The zero-order chi connectivity index (χ0) is 13.1. The molecule has 0 atom stereocenters. The van der Waals surface area contributed by atoms with E-state index in [4.69, 9.17) is 22.7 Å². The van der Waals surface area contributed by atoms with Gasteiger partial charge in [-0.2, -0.15) is 0 Å². The lowest BCUT2D eigenvalue weighted by Gasteiger charge is -2.11. The Morgan fingerprint density at radius 1 is 1.00 bits per heavy atom. The van der Waals surface area contributed by atoms with E-state index in [1.165, 1.54) is 5.56 Å². The number of ether oxygens (including phenoxy) is 1. The Labute approximate surface area is 112 Å². The molecule has 0 aliphatic carbocycles. The fraction of sp³-hybridized carbons (Fsp3) is 0.133. The summed E-state index contributed by atoms with van der Waals surface area (Å²) in [5.41, 5.74) is 8.78. The van der Waals surface area contributed by atoms with Crippen LogP contribution in [0.4, 0.5) is 0 Å². The first-order chi connectivity index (χ1) is 8.56. The van der Waals surface area contributed by atoms with E-state index >= 15 is 0 Å². The van der Waals surface area contributed by atoms with E-state index in [1.54, 1.807) is 0 Å². The van der Waals surface area contributed by atoms with Crippen LogP contribution in [0.2, 0.25) is 0 Å². The molecule has 0 aromatic heterocycles. The van der Waals surface area contributed by atoms with Crippen LogP contribution in [-0.2, 0) is 0 Å². The zero-order valence-electron chi connectivity index (χ0n) is 10.4. The third kappa shape index (κ3) is 2.87. The maximum Gasteiger partial charge on any atom is 0.137 e. The molecule has 2 aromatic carbocycles. The van der Waals surface area contributed by atoms with E-state index < -0.39 is 0 Å². The van der Waals surface area contributed by atoms with E-state index in [9.17, 15) is 0 Å². The van der Waals surface area contributed by atoms with Gasteiger partial charge in [-0.1, -0.05) is 41.5 Å². The van der Waals surface area contributed by atoms with Gasteiger partial charge in [0.15, 0.2) is 0 Å². The average Bonchev–Trinajstić information content (AvgIpc) is 2.34. The molecule has 0 bridgehead atoms. The molecule has 3 heteroatoms. The third-order valence-corrected chi connectivity index (χ3v) is 2.87. The molecule has 0 aliphatic rings. The van der Waals surface area contributed by atoms with Crippen LogP contribution in [0.3, 0.4) is 0 Å². The average molecular weight is 257 g/mol. The van der Waals surface area contributed by atoms with Crippen molar-refractivity contribution in [2.24, 2.45) is 5.73 Å². The number of benzene rings is 2. The number of nitrogens with two attached hydrogens (primary N) is 1. The second-order valence-corrected chi connectivity index (χ2v) is 4.72. The van der Waals surface area contributed by atoms with Gasteiger partial charge >= 0.3 is 0 Å². The van der Waals surface area contributed by atoms with Gasteiger partial charge in [0, 0.05) is 0 Å². The first-order valence-electron chi connectivity index (χ1n) is 5.71. The Kier molecular flexibility index (Phi) is 3.63. The van der Waals surface area contributed by atoms with Gasteiger partial charge in [0.1, 0.15) is 16.5 Å². The first kappa shape index (κ1) is 12.6.